The zero-order valence-corrected chi connectivity index (χ0v) is 13.5. The molecule has 1 aliphatic carbocycles. The first-order chi connectivity index (χ1) is 10.3. The molecule has 0 heterocycles. The maximum absolute atomic E-state index is 12.6. The van der Waals surface area contributed by atoms with E-state index in [4.69, 9.17) is 4.74 Å². The van der Waals surface area contributed by atoms with Crippen molar-refractivity contribution in [1.82, 2.24) is 0 Å². The largest absolute Gasteiger partial charge is 0.488 e. The fourth-order valence-corrected chi connectivity index (χ4v) is 3.00. The van der Waals surface area contributed by atoms with E-state index in [0.717, 1.165) is 12.8 Å². The summed E-state index contributed by atoms with van der Waals surface area (Å²) in [5, 5.41) is 9.30. The number of carbonyl (C=O) groups is 2. The Hall–Kier alpha value is -1.84. The van der Waals surface area contributed by atoms with Crippen molar-refractivity contribution >= 4 is 11.8 Å². The molecular formula is C18H24O4. The van der Waals surface area contributed by atoms with Gasteiger partial charge in [0.05, 0.1) is 5.92 Å². The molecular weight excluding hydrogens is 280 g/mol. The molecule has 1 aromatic carbocycles. The number of carboxylic acid groups (broad SMARTS) is 1. The van der Waals surface area contributed by atoms with E-state index in [9.17, 15) is 14.7 Å². The van der Waals surface area contributed by atoms with Gasteiger partial charge in [0, 0.05) is 11.5 Å². The number of ketones is 1. The number of aliphatic carboxylic acids is 1. The van der Waals surface area contributed by atoms with Crippen LogP contribution in [0.2, 0.25) is 0 Å². The van der Waals surface area contributed by atoms with Gasteiger partial charge in [-0.3, -0.25) is 9.59 Å². The zero-order chi connectivity index (χ0) is 16.3. The number of carboxylic acids is 1. The number of benzene rings is 1. The number of ether oxygens (including phenoxy) is 1. The summed E-state index contributed by atoms with van der Waals surface area (Å²) in [5.41, 5.74) is 0.281. The van der Waals surface area contributed by atoms with Crippen LogP contribution >= 0.6 is 0 Å². The third-order valence-corrected chi connectivity index (χ3v) is 3.98. The minimum Gasteiger partial charge on any atom is -0.488 e. The standard InChI is InChI=1S/C18H24O4/c1-18(2,3)22-13-10-8-12(9-11-13)16(19)14-6-4-5-7-15(14)17(20)21/h8-11,14-15H,4-7H2,1-3H3,(H,20,21). The SMILES string of the molecule is CC(C)(C)Oc1ccc(C(=O)C2CCCCC2C(=O)O)cc1. The number of rotatable bonds is 4. The lowest BCUT2D eigenvalue weighted by Crippen LogP contribution is -2.32. The van der Waals surface area contributed by atoms with E-state index in [1.54, 1.807) is 24.3 Å². The first-order valence-corrected chi connectivity index (χ1v) is 7.84. The Morgan fingerprint density at radius 3 is 2.09 bits per heavy atom. The number of hydrogen-bond acceptors (Lipinski definition) is 3. The predicted octanol–water partition coefficient (Wildman–Crippen LogP) is 3.94. The molecule has 4 heteroatoms. The minimum atomic E-state index is -0.856. The molecule has 22 heavy (non-hydrogen) atoms. The van der Waals surface area contributed by atoms with Crippen LogP contribution in [-0.4, -0.2) is 22.5 Å². The van der Waals surface area contributed by atoms with Gasteiger partial charge in [-0.2, -0.15) is 0 Å². The molecule has 1 aromatic rings. The van der Waals surface area contributed by atoms with Crippen LogP contribution in [0.1, 0.15) is 56.8 Å². The van der Waals surface area contributed by atoms with Gasteiger partial charge in [-0.1, -0.05) is 12.8 Å². The molecule has 0 aromatic heterocycles. The van der Waals surface area contributed by atoms with Gasteiger partial charge in [0.1, 0.15) is 11.4 Å². The van der Waals surface area contributed by atoms with E-state index in [1.807, 2.05) is 20.8 Å². The van der Waals surface area contributed by atoms with Crippen LogP contribution in [0.4, 0.5) is 0 Å². The molecule has 0 saturated heterocycles. The average Bonchev–Trinajstić information content (AvgIpc) is 2.45. The van der Waals surface area contributed by atoms with Crippen molar-refractivity contribution in [3.8, 4) is 5.75 Å². The Morgan fingerprint density at radius 1 is 1.05 bits per heavy atom. The second kappa shape index (κ2) is 6.51. The fraction of sp³-hybridized carbons (Fsp3) is 0.556. The Bertz CT molecular complexity index is 539. The molecule has 0 amide bonds. The number of Topliss-reactive ketones (excluding diaryl/α,β-unsaturated/α-hetero) is 1. The van der Waals surface area contributed by atoms with Crippen LogP contribution in [0.3, 0.4) is 0 Å². The Kier molecular flexibility index (Phi) is 4.89. The molecule has 1 aliphatic rings. The third-order valence-electron chi connectivity index (χ3n) is 3.98. The summed E-state index contributed by atoms with van der Waals surface area (Å²) in [6.07, 6.45) is 3.07. The van der Waals surface area contributed by atoms with Gasteiger partial charge in [-0.25, -0.2) is 0 Å². The molecule has 1 saturated carbocycles. The summed E-state index contributed by atoms with van der Waals surface area (Å²) in [7, 11) is 0. The highest BCUT2D eigenvalue weighted by atomic mass is 16.5. The number of carbonyl (C=O) groups excluding carboxylic acids is 1. The monoisotopic (exact) mass is 304 g/mol. The topological polar surface area (TPSA) is 63.6 Å². The normalized spacial score (nSPS) is 22.1. The van der Waals surface area contributed by atoms with Gasteiger partial charge in [0.15, 0.2) is 5.78 Å². The highest BCUT2D eigenvalue weighted by Crippen LogP contribution is 2.33. The van der Waals surface area contributed by atoms with Crippen LogP contribution in [0, 0.1) is 11.8 Å². The van der Waals surface area contributed by atoms with Gasteiger partial charge >= 0.3 is 5.97 Å². The van der Waals surface area contributed by atoms with E-state index < -0.39 is 17.8 Å². The maximum Gasteiger partial charge on any atom is 0.307 e. The maximum atomic E-state index is 12.6. The van der Waals surface area contributed by atoms with Crippen LogP contribution in [0.5, 0.6) is 5.75 Å². The fourth-order valence-electron chi connectivity index (χ4n) is 3.00. The summed E-state index contributed by atoms with van der Waals surface area (Å²) in [6.45, 7) is 5.89. The van der Waals surface area contributed by atoms with Crippen molar-refractivity contribution < 1.29 is 19.4 Å². The summed E-state index contributed by atoms with van der Waals surface area (Å²) in [4.78, 5) is 23.9. The molecule has 2 atom stereocenters. The molecule has 1 fully saturated rings. The lowest BCUT2D eigenvalue weighted by Gasteiger charge is -2.27. The first-order valence-electron chi connectivity index (χ1n) is 7.84. The van der Waals surface area contributed by atoms with Crippen molar-refractivity contribution in [3.05, 3.63) is 29.8 Å². The second-order valence-corrected chi connectivity index (χ2v) is 6.94. The van der Waals surface area contributed by atoms with Crippen LogP contribution in [-0.2, 0) is 4.79 Å². The molecule has 0 aliphatic heterocycles. The van der Waals surface area contributed by atoms with Gasteiger partial charge in [-0.05, 0) is 57.9 Å². The van der Waals surface area contributed by atoms with E-state index >= 15 is 0 Å². The van der Waals surface area contributed by atoms with E-state index in [-0.39, 0.29) is 11.4 Å². The number of hydrogen-bond donors (Lipinski definition) is 1. The van der Waals surface area contributed by atoms with Crippen LogP contribution < -0.4 is 4.74 Å². The van der Waals surface area contributed by atoms with Crippen molar-refractivity contribution in [2.75, 3.05) is 0 Å². The summed E-state index contributed by atoms with van der Waals surface area (Å²) in [5.74, 6) is -1.16. The highest BCUT2D eigenvalue weighted by Gasteiger charge is 2.35. The summed E-state index contributed by atoms with van der Waals surface area (Å²) >= 11 is 0. The summed E-state index contributed by atoms with van der Waals surface area (Å²) < 4.78 is 5.74. The quantitative estimate of drug-likeness (QED) is 0.856. The van der Waals surface area contributed by atoms with Crippen molar-refractivity contribution in [2.24, 2.45) is 11.8 Å². The first kappa shape index (κ1) is 16.5. The van der Waals surface area contributed by atoms with Gasteiger partial charge in [0.25, 0.3) is 0 Å². The Labute approximate surface area is 131 Å². The van der Waals surface area contributed by atoms with Crippen molar-refractivity contribution in [2.45, 2.75) is 52.1 Å². The van der Waals surface area contributed by atoms with Gasteiger partial charge in [-0.15, -0.1) is 0 Å². The molecule has 1 N–H and O–H groups in total. The van der Waals surface area contributed by atoms with Crippen molar-refractivity contribution in [3.63, 3.8) is 0 Å². The second-order valence-electron chi connectivity index (χ2n) is 6.94. The molecule has 4 nitrogen and oxygen atoms in total. The Morgan fingerprint density at radius 2 is 1.59 bits per heavy atom. The van der Waals surface area contributed by atoms with Crippen LogP contribution in [0.25, 0.3) is 0 Å². The molecule has 0 radical (unpaired) electrons. The molecule has 2 rings (SSSR count). The predicted molar refractivity (Wildman–Crippen MR) is 84.2 cm³/mol. The lowest BCUT2D eigenvalue weighted by atomic mass is 9.75. The molecule has 120 valence electrons. The van der Waals surface area contributed by atoms with E-state index in [0.29, 0.717) is 24.2 Å². The van der Waals surface area contributed by atoms with E-state index in [2.05, 4.69) is 0 Å². The van der Waals surface area contributed by atoms with Gasteiger partial charge in [0.2, 0.25) is 0 Å². The lowest BCUT2D eigenvalue weighted by molar-refractivity contribution is -0.144. The third kappa shape index (κ3) is 4.09. The molecule has 0 spiro atoms. The zero-order valence-electron chi connectivity index (χ0n) is 13.5. The van der Waals surface area contributed by atoms with Gasteiger partial charge < -0.3 is 9.84 Å². The smallest absolute Gasteiger partial charge is 0.307 e. The molecule has 2 unspecified atom stereocenters. The molecule has 0 bridgehead atoms. The highest BCUT2D eigenvalue weighted by molar-refractivity contribution is 6.00. The summed E-state index contributed by atoms with van der Waals surface area (Å²) in [6, 6.07) is 7.02. The minimum absolute atomic E-state index is 0.0607. The van der Waals surface area contributed by atoms with E-state index in [1.165, 1.54) is 0 Å². The van der Waals surface area contributed by atoms with Crippen LogP contribution in [0.15, 0.2) is 24.3 Å². The average molecular weight is 304 g/mol. The van der Waals surface area contributed by atoms with Crippen molar-refractivity contribution in [1.29, 1.82) is 0 Å². The Balaban J connectivity index is 2.13.